The van der Waals surface area contributed by atoms with E-state index in [2.05, 4.69) is 25.6 Å². The summed E-state index contributed by atoms with van der Waals surface area (Å²) < 4.78 is 27.7. The van der Waals surface area contributed by atoms with E-state index in [1.54, 1.807) is 30.6 Å². The maximum absolute atomic E-state index is 12.5. The number of pyridine rings is 1. The molecule has 0 unspecified atom stereocenters. The van der Waals surface area contributed by atoms with Gasteiger partial charge in [-0.3, -0.25) is 4.98 Å². The van der Waals surface area contributed by atoms with Gasteiger partial charge >= 0.3 is 0 Å². The minimum Gasteiger partial charge on any atom is -0.264 e. The molecule has 6 heteroatoms. The fourth-order valence-corrected chi connectivity index (χ4v) is 4.33. The number of halogens is 1. The third-order valence-corrected chi connectivity index (χ3v) is 6.46. The first-order valence-electron chi connectivity index (χ1n) is 6.45. The number of nitrogens with one attached hydrogen (secondary N) is 1. The number of sulfonamides is 1. The van der Waals surface area contributed by atoms with E-state index in [1.165, 1.54) is 0 Å². The van der Waals surface area contributed by atoms with Gasteiger partial charge in [0.1, 0.15) is 0 Å². The lowest BCUT2D eigenvalue weighted by Crippen LogP contribution is -2.31. The normalized spacial score (nSPS) is 17.2. The molecule has 0 amide bonds. The van der Waals surface area contributed by atoms with Crippen molar-refractivity contribution >= 4 is 36.7 Å². The zero-order valence-corrected chi connectivity index (χ0v) is 13.2. The summed E-state index contributed by atoms with van der Waals surface area (Å²) in [5.74, 6) is 0. The minimum absolute atomic E-state index is 0.110. The second-order valence-corrected chi connectivity index (χ2v) is 7.61. The second-order valence-electron chi connectivity index (χ2n) is 5.31. The molecule has 0 radical (unpaired) electrons. The van der Waals surface area contributed by atoms with Gasteiger partial charge in [-0.25, -0.2) is 13.1 Å². The minimum atomic E-state index is -3.49. The molecule has 1 aromatic carbocycles. The molecule has 0 saturated heterocycles. The van der Waals surface area contributed by atoms with Gasteiger partial charge in [-0.2, -0.15) is 0 Å². The van der Waals surface area contributed by atoms with E-state index in [-0.39, 0.29) is 5.41 Å². The van der Waals surface area contributed by atoms with Crippen LogP contribution in [0.15, 0.2) is 41.6 Å². The largest absolute Gasteiger partial charge is 0.264 e. The van der Waals surface area contributed by atoms with Crippen molar-refractivity contribution in [1.82, 2.24) is 9.71 Å². The van der Waals surface area contributed by atoms with Gasteiger partial charge in [0.2, 0.25) is 10.0 Å². The van der Waals surface area contributed by atoms with E-state index in [9.17, 15) is 8.42 Å². The van der Waals surface area contributed by atoms with Crippen molar-refractivity contribution < 1.29 is 8.42 Å². The molecule has 1 aromatic heterocycles. The molecular weight excluding hydrogens is 340 g/mol. The predicted octanol–water partition coefficient (Wildman–Crippen LogP) is 2.69. The Morgan fingerprint density at radius 2 is 2.10 bits per heavy atom. The highest BCUT2D eigenvalue weighted by Crippen LogP contribution is 2.46. The molecule has 1 aliphatic rings. The maximum atomic E-state index is 12.5. The Morgan fingerprint density at radius 3 is 2.80 bits per heavy atom. The average molecular weight is 355 g/mol. The summed E-state index contributed by atoms with van der Waals surface area (Å²) in [5, 5.41) is 2.37. The van der Waals surface area contributed by atoms with Crippen LogP contribution < -0.4 is 4.72 Å². The predicted molar refractivity (Wildman–Crippen MR) is 82.4 cm³/mol. The summed E-state index contributed by atoms with van der Waals surface area (Å²) in [4.78, 5) is 4.35. The van der Waals surface area contributed by atoms with E-state index in [1.807, 2.05) is 6.07 Å². The topological polar surface area (TPSA) is 59.1 Å². The third-order valence-electron chi connectivity index (χ3n) is 3.81. The summed E-state index contributed by atoms with van der Waals surface area (Å²) >= 11 is 3.45. The molecule has 1 heterocycles. The lowest BCUT2D eigenvalue weighted by Gasteiger charge is -2.14. The van der Waals surface area contributed by atoms with Gasteiger partial charge in [0.05, 0.1) is 4.90 Å². The summed E-state index contributed by atoms with van der Waals surface area (Å²) in [5.41, 5.74) is 0.110. The van der Waals surface area contributed by atoms with Gasteiger partial charge in [0.25, 0.3) is 0 Å². The van der Waals surface area contributed by atoms with Crippen molar-refractivity contribution in [2.75, 3.05) is 11.9 Å². The van der Waals surface area contributed by atoms with Gasteiger partial charge < -0.3 is 0 Å². The van der Waals surface area contributed by atoms with Crippen molar-refractivity contribution in [1.29, 1.82) is 0 Å². The van der Waals surface area contributed by atoms with Crippen molar-refractivity contribution in [2.24, 2.45) is 5.41 Å². The number of hydrogen-bond donors (Lipinski definition) is 1. The Bertz CT molecular complexity index is 736. The SMILES string of the molecule is O=S(=O)(NCC1(CBr)CC1)c1cccc2cnccc12. The number of benzene rings is 1. The molecule has 3 rings (SSSR count). The standard InChI is InChI=1S/C14H15BrN2O2S/c15-9-14(5-6-14)10-17-20(18,19)13-3-1-2-11-8-16-7-4-12(11)13/h1-4,7-8,17H,5-6,9-10H2. The molecule has 1 fully saturated rings. The number of nitrogens with zero attached hydrogens (tertiary/aromatic N) is 1. The van der Waals surface area contributed by atoms with Crippen LogP contribution in [-0.2, 0) is 10.0 Å². The maximum Gasteiger partial charge on any atom is 0.241 e. The highest BCUT2D eigenvalue weighted by atomic mass is 79.9. The summed E-state index contributed by atoms with van der Waals surface area (Å²) in [6.07, 6.45) is 5.43. The molecule has 0 aliphatic heterocycles. The van der Waals surface area contributed by atoms with Crippen molar-refractivity contribution in [3.63, 3.8) is 0 Å². The molecule has 0 spiro atoms. The Kier molecular flexibility index (Phi) is 3.56. The van der Waals surface area contributed by atoms with Crippen LogP contribution in [0.4, 0.5) is 0 Å². The zero-order chi connectivity index (χ0) is 14.2. The summed E-state index contributed by atoms with van der Waals surface area (Å²) in [6, 6.07) is 6.98. The van der Waals surface area contributed by atoms with Gasteiger partial charge in [-0.1, -0.05) is 28.1 Å². The summed E-state index contributed by atoms with van der Waals surface area (Å²) in [7, 11) is -3.49. The van der Waals surface area contributed by atoms with Gasteiger partial charge in [0.15, 0.2) is 0 Å². The molecule has 1 aliphatic carbocycles. The van der Waals surface area contributed by atoms with Crippen LogP contribution in [0.5, 0.6) is 0 Å². The van der Waals surface area contributed by atoms with Crippen LogP contribution in [-0.4, -0.2) is 25.3 Å². The number of rotatable bonds is 5. The highest BCUT2D eigenvalue weighted by molar-refractivity contribution is 9.09. The molecule has 0 atom stereocenters. The number of alkyl halides is 1. The van der Waals surface area contributed by atoms with E-state index < -0.39 is 10.0 Å². The van der Waals surface area contributed by atoms with Gasteiger partial charge in [-0.15, -0.1) is 0 Å². The first-order chi connectivity index (χ1) is 9.56. The first-order valence-corrected chi connectivity index (χ1v) is 9.05. The van der Waals surface area contributed by atoms with Crippen LogP contribution >= 0.6 is 15.9 Å². The van der Waals surface area contributed by atoms with Gasteiger partial charge in [-0.05, 0) is 30.4 Å². The number of aromatic nitrogens is 1. The Hall–Kier alpha value is -0.980. The monoisotopic (exact) mass is 354 g/mol. The van der Waals surface area contributed by atoms with Crippen LogP contribution in [0.1, 0.15) is 12.8 Å². The molecule has 0 bridgehead atoms. The van der Waals surface area contributed by atoms with Crippen molar-refractivity contribution in [3.8, 4) is 0 Å². The Morgan fingerprint density at radius 1 is 1.30 bits per heavy atom. The fraction of sp³-hybridized carbons (Fsp3) is 0.357. The van der Waals surface area contributed by atoms with Crippen molar-refractivity contribution in [2.45, 2.75) is 17.7 Å². The lowest BCUT2D eigenvalue weighted by molar-refractivity contribution is 0.539. The lowest BCUT2D eigenvalue weighted by atomic mass is 10.1. The van der Waals surface area contributed by atoms with Crippen LogP contribution in [0.2, 0.25) is 0 Å². The van der Waals surface area contributed by atoms with E-state index in [0.29, 0.717) is 16.8 Å². The quantitative estimate of drug-likeness (QED) is 0.839. The van der Waals surface area contributed by atoms with Gasteiger partial charge in [0, 0.05) is 35.0 Å². The Balaban J connectivity index is 1.93. The van der Waals surface area contributed by atoms with Crippen LogP contribution in [0.3, 0.4) is 0 Å². The zero-order valence-electron chi connectivity index (χ0n) is 10.8. The van der Waals surface area contributed by atoms with Crippen LogP contribution in [0, 0.1) is 5.41 Å². The molecular formula is C14H15BrN2O2S. The highest BCUT2D eigenvalue weighted by Gasteiger charge is 2.42. The third kappa shape index (κ3) is 2.60. The van der Waals surface area contributed by atoms with E-state index >= 15 is 0 Å². The van der Waals surface area contributed by atoms with E-state index in [0.717, 1.165) is 23.6 Å². The van der Waals surface area contributed by atoms with E-state index in [4.69, 9.17) is 0 Å². The average Bonchev–Trinajstić information content (AvgIpc) is 3.25. The molecule has 2 aromatic rings. The number of fused-ring (bicyclic) bond motifs is 1. The Labute approximate surface area is 126 Å². The fourth-order valence-electron chi connectivity index (χ4n) is 2.19. The second kappa shape index (κ2) is 5.09. The molecule has 4 nitrogen and oxygen atoms in total. The molecule has 1 saturated carbocycles. The first kappa shape index (κ1) is 14.0. The van der Waals surface area contributed by atoms with Crippen molar-refractivity contribution in [3.05, 3.63) is 36.7 Å². The smallest absolute Gasteiger partial charge is 0.241 e. The molecule has 20 heavy (non-hydrogen) atoms. The molecule has 1 N–H and O–H groups in total. The number of hydrogen-bond acceptors (Lipinski definition) is 3. The van der Waals surface area contributed by atoms with Crippen LogP contribution in [0.25, 0.3) is 10.8 Å². The molecule has 106 valence electrons. The summed E-state index contributed by atoms with van der Waals surface area (Å²) in [6.45, 7) is 0.488.